The summed E-state index contributed by atoms with van der Waals surface area (Å²) in [5, 5.41) is 11.8. The van der Waals surface area contributed by atoms with Crippen molar-refractivity contribution in [1.82, 2.24) is 0 Å². The van der Waals surface area contributed by atoms with Crippen molar-refractivity contribution < 1.29 is 4.79 Å². The van der Waals surface area contributed by atoms with Gasteiger partial charge in [0.05, 0.1) is 11.3 Å². The minimum atomic E-state index is -0.225. The number of carbonyl (C=O) groups is 1. The van der Waals surface area contributed by atoms with E-state index >= 15 is 0 Å². The summed E-state index contributed by atoms with van der Waals surface area (Å²) in [6.07, 6.45) is 0. The van der Waals surface area contributed by atoms with Crippen molar-refractivity contribution in [3.05, 3.63) is 61.6 Å². The van der Waals surface area contributed by atoms with Crippen LogP contribution in [0, 0.1) is 14.9 Å². The second-order valence-electron chi connectivity index (χ2n) is 3.77. The van der Waals surface area contributed by atoms with E-state index < -0.39 is 0 Å². The van der Waals surface area contributed by atoms with Gasteiger partial charge in [-0.25, -0.2) is 0 Å². The number of nitriles is 1. The molecule has 0 spiro atoms. The zero-order valence-corrected chi connectivity index (χ0v) is 13.4. The maximum absolute atomic E-state index is 12.1. The van der Waals surface area contributed by atoms with Gasteiger partial charge >= 0.3 is 0 Å². The Bertz CT molecular complexity index is 679. The molecule has 0 atom stereocenters. The maximum Gasteiger partial charge on any atom is 0.255 e. The standard InChI is InChI=1S/C14H8BrIN2O/c15-11-4-5-13(10(6-11)8-17)18-14(19)9-2-1-3-12(16)7-9/h1-7H,(H,18,19). The summed E-state index contributed by atoms with van der Waals surface area (Å²) in [5.41, 5.74) is 1.50. The minimum absolute atomic E-state index is 0.225. The second kappa shape index (κ2) is 6.17. The molecule has 0 heterocycles. The molecule has 2 aromatic rings. The van der Waals surface area contributed by atoms with E-state index in [1.54, 1.807) is 30.3 Å². The molecule has 0 saturated carbocycles. The zero-order valence-electron chi connectivity index (χ0n) is 9.65. The average molecular weight is 427 g/mol. The van der Waals surface area contributed by atoms with Crippen LogP contribution in [0.15, 0.2) is 46.9 Å². The number of halogens is 2. The lowest BCUT2D eigenvalue weighted by atomic mass is 10.1. The summed E-state index contributed by atoms with van der Waals surface area (Å²) in [6.45, 7) is 0. The van der Waals surface area contributed by atoms with E-state index in [1.165, 1.54) is 0 Å². The third-order valence-electron chi connectivity index (χ3n) is 2.44. The Kier molecular flexibility index (Phi) is 4.56. The maximum atomic E-state index is 12.1. The van der Waals surface area contributed by atoms with E-state index in [9.17, 15) is 4.79 Å². The van der Waals surface area contributed by atoms with Gasteiger partial charge in [-0.3, -0.25) is 4.79 Å². The molecule has 1 N–H and O–H groups in total. The molecule has 0 aromatic heterocycles. The van der Waals surface area contributed by atoms with Crippen LogP contribution < -0.4 is 5.32 Å². The molecule has 2 rings (SSSR count). The minimum Gasteiger partial charge on any atom is -0.321 e. The van der Waals surface area contributed by atoms with Gasteiger partial charge in [-0.15, -0.1) is 0 Å². The smallest absolute Gasteiger partial charge is 0.255 e. The van der Waals surface area contributed by atoms with Crippen molar-refractivity contribution in [3.63, 3.8) is 0 Å². The van der Waals surface area contributed by atoms with Crippen molar-refractivity contribution in [2.75, 3.05) is 5.32 Å². The summed E-state index contributed by atoms with van der Waals surface area (Å²) >= 11 is 5.44. The number of rotatable bonds is 2. The molecule has 0 bridgehead atoms. The van der Waals surface area contributed by atoms with Gasteiger partial charge in [-0.1, -0.05) is 22.0 Å². The number of hydrogen-bond donors (Lipinski definition) is 1. The average Bonchev–Trinajstić information content (AvgIpc) is 2.40. The summed E-state index contributed by atoms with van der Waals surface area (Å²) in [5.74, 6) is -0.225. The van der Waals surface area contributed by atoms with E-state index in [4.69, 9.17) is 5.26 Å². The summed E-state index contributed by atoms with van der Waals surface area (Å²) < 4.78 is 1.79. The molecule has 3 nitrogen and oxygen atoms in total. The fraction of sp³-hybridized carbons (Fsp3) is 0. The molecule has 0 aliphatic carbocycles. The first-order valence-corrected chi connectivity index (χ1v) is 7.24. The molecule has 5 heteroatoms. The highest BCUT2D eigenvalue weighted by molar-refractivity contribution is 14.1. The number of hydrogen-bond acceptors (Lipinski definition) is 2. The Balaban J connectivity index is 2.27. The van der Waals surface area contributed by atoms with Crippen LogP contribution in [0.1, 0.15) is 15.9 Å². The summed E-state index contributed by atoms with van der Waals surface area (Å²) in [4.78, 5) is 12.1. The molecular formula is C14H8BrIN2O. The fourth-order valence-electron chi connectivity index (χ4n) is 1.54. The normalized spacial score (nSPS) is 9.74. The molecule has 0 unspecified atom stereocenters. The molecule has 2 aromatic carbocycles. The van der Waals surface area contributed by atoms with Crippen LogP contribution in [0.25, 0.3) is 0 Å². The van der Waals surface area contributed by atoms with Gasteiger partial charge in [0.25, 0.3) is 5.91 Å². The first kappa shape index (κ1) is 14.0. The van der Waals surface area contributed by atoms with Crippen LogP contribution in [0.3, 0.4) is 0 Å². The molecule has 19 heavy (non-hydrogen) atoms. The predicted molar refractivity (Wildman–Crippen MR) is 86.0 cm³/mol. The van der Waals surface area contributed by atoms with Crippen molar-refractivity contribution in [1.29, 1.82) is 5.26 Å². The first-order valence-electron chi connectivity index (χ1n) is 5.37. The Labute approximate surface area is 132 Å². The van der Waals surface area contributed by atoms with Crippen LogP contribution in [0.2, 0.25) is 0 Å². The monoisotopic (exact) mass is 426 g/mol. The Morgan fingerprint density at radius 3 is 2.74 bits per heavy atom. The molecule has 1 amide bonds. The van der Waals surface area contributed by atoms with Crippen LogP contribution in [0.4, 0.5) is 5.69 Å². The number of nitrogens with one attached hydrogen (secondary N) is 1. The molecule has 0 fully saturated rings. The van der Waals surface area contributed by atoms with E-state index in [0.29, 0.717) is 16.8 Å². The highest BCUT2D eigenvalue weighted by atomic mass is 127. The lowest BCUT2D eigenvalue weighted by molar-refractivity contribution is 0.102. The number of carbonyl (C=O) groups excluding carboxylic acids is 1. The summed E-state index contributed by atoms with van der Waals surface area (Å²) in [6, 6.07) is 14.5. The van der Waals surface area contributed by atoms with Crippen molar-refractivity contribution in [3.8, 4) is 6.07 Å². The van der Waals surface area contributed by atoms with E-state index in [-0.39, 0.29) is 5.91 Å². The van der Waals surface area contributed by atoms with Crippen molar-refractivity contribution >= 4 is 50.1 Å². The molecule has 0 aliphatic heterocycles. The number of anilines is 1. The Morgan fingerprint density at radius 1 is 1.26 bits per heavy atom. The van der Waals surface area contributed by atoms with Gasteiger partial charge in [-0.05, 0) is 59.0 Å². The van der Waals surface area contributed by atoms with Gasteiger partial charge in [0.15, 0.2) is 0 Å². The van der Waals surface area contributed by atoms with Crippen molar-refractivity contribution in [2.45, 2.75) is 0 Å². The van der Waals surface area contributed by atoms with Crippen LogP contribution in [0.5, 0.6) is 0 Å². The quantitative estimate of drug-likeness (QED) is 0.732. The Hall–Kier alpha value is -1.39. The number of nitrogens with zero attached hydrogens (tertiary/aromatic N) is 1. The van der Waals surface area contributed by atoms with E-state index in [1.807, 2.05) is 12.1 Å². The Morgan fingerprint density at radius 2 is 2.05 bits per heavy atom. The highest BCUT2D eigenvalue weighted by Crippen LogP contribution is 2.21. The third kappa shape index (κ3) is 3.55. The fourth-order valence-corrected chi connectivity index (χ4v) is 2.45. The zero-order chi connectivity index (χ0) is 13.8. The molecule has 0 radical (unpaired) electrons. The van der Waals surface area contributed by atoms with Gasteiger partial charge in [-0.2, -0.15) is 5.26 Å². The predicted octanol–water partition coefficient (Wildman–Crippen LogP) is 4.18. The largest absolute Gasteiger partial charge is 0.321 e. The first-order chi connectivity index (χ1) is 9.10. The van der Waals surface area contributed by atoms with Gasteiger partial charge in [0.1, 0.15) is 6.07 Å². The second-order valence-corrected chi connectivity index (χ2v) is 5.93. The third-order valence-corrected chi connectivity index (χ3v) is 3.60. The number of amides is 1. The highest BCUT2D eigenvalue weighted by Gasteiger charge is 2.09. The molecule has 0 aliphatic rings. The van der Waals surface area contributed by atoms with Crippen LogP contribution in [-0.4, -0.2) is 5.91 Å². The van der Waals surface area contributed by atoms with Gasteiger partial charge in [0, 0.05) is 13.6 Å². The van der Waals surface area contributed by atoms with E-state index in [2.05, 4.69) is 49.9 Å². The molecule has 0 saturated heterocycles. The van der Waals surface area contributed by atoms with Crippen LogP contribution in [-0.2, 0) is 0 Å². The van der Waals surface area contributed by atoms with Gasteiger partial charge < -0.3 is 5.32 Å². The van der Waals surface area contributed by atoms with Crippen LogP contribution >= 0.6 is 38.5 Å². The SMILES string of the molecule is N#Cc1cc(Br)ccc1NC(=O)c1cccc(I)c1. The lowest BCUT2D eigenvalue weighted by Gasteiger charge is -2.07. The lowest BCUT2D eigenvalue weighted by Crippen LogP contribution is -2.12. The molecular weight excluding hydrogens is 419 g/mol. The number of benzene rings is 2. The summed E-state index contributed by atoms with van der Waals surface area (Å²) in [7, 11) is 0. The van der Waals surface area contributed by atoms with E-state index in [0.717, 1.165) is 8.04 Å². The van der Waals surface area contributed by atoms with Gasteiger partial charge in [0.2, 0.25) is 0 Å². The topological polar surface area (TPSA) is 52.9 Å². The molecule has 94 valence electrons. The van der Waals surface area contributed by atoms with Crippen molar-refractivity contribution in [2.24, 2.45) is 0 Å².